The van der Waals surface area contributed by atoms with Crippen molar-refractivity contribution in [3.05, 3.63) is 23.8 Å². The summed E-state index contributed by atoms with van der Waals surface area (Å²) < 4.78 is 28.6. The molecule has 20 heavy (non-hydrogen) atoms. The molecular formula is C13H14ClNO4S. The van der Waals surface area contributed by atoms with Crippen molar-refractivity contribution in [2.45, 2.75) is 30.3 Å². The van der Waals surface area contributed by atoms with Gasteiger partial charge in [-0.3, -0.25) is 4.79 Å². The fourth-order valence-corrected chi connectivity index (χ4v) is 3.70. The van der Waals surface area contributed by atoms with Crippen molar-refractivity contribution >= 4 is 25.6 Å². The molecule has 1 amide bonds. The van der Waals surface area contributed by atoms with E-state index in [2.05, 4.69) is 0 Å². The van der Waals surface area contributed by atoms with Crippen LogP contribution in [0.2, 0.25) is 0 Å². The number of benzene rings is 1. The molecule has 1 aromatic rings. The summed E-state index contributed by atoms with van der Waals surface area (Å²) >= 11 is 0. The van der Waals surface area contributed by atoms with Gasteiger partial charge in [-0.25, -0.2) is 8.42 Å². The number of carbonyl (C=O) groups excluding carboxylic acids is 1. The fraction of sp³-hybridized carbons (Fsp3) is 0.462. The van der Waals surface area contributed by atoms with E-state index >= 15 is 0 Å². The van der Waals surface area contributed by atoms with Crippen molar-refractivity contribution in [1.82, 2.24) is 4.90 Å². The molecule has 1 fully saturated rings. The van der Waals surface area contributed by atoms with E-state index < -0.39 is 9.05 Å². The topological polar surface area (TPSA) is 63.7 Å². The third-order valence-electron chi connectivity index (χ3n) is 3.95. The minimum atomic E-state index is -3.73. The minimum absolute atomic E-state index is 0.0343. The van der Waals surface area contributed by atoms with Crippen molar-refractivity contribution in [3.8, 4) is 5.75 Å². The molecule has 5 nitrogen and oxygen atoms in total. The molecule has 2 unspecified atom stereocenters. The van der Waals surface area contributed by atoms with Gasteiger partial charge in [0, 0.05) is 35.6 Å². The maximum atomic E-state index is 11.4. The number of likely N-dealkylation sites (tertiary alicyclic amines) is 1. The van der Waals surface area contributed by atoms with Gasteiger partial charge in [0.1, 0.15) is 11.9 Å². The first-order valence-corrected chi connectivity index (χ1v) is 8.68. The highest BCUT2D eigenvalue weighted by molar-refractivity contribution is 8.13. The number of carbonyl (C=O) groups is 1. The van der Waals surface area contributed by atoms with Gasteiger partial charge >= 0.3 is 0 Å². The first-order chi connectivity index (χ1) is 9.36. The molecule has 2 aliphatic rings. The monoisotopic (exact) mass is 315 g/mol. The van der Waals surface area contributed by atoms with E-state index in [1.807, 2.05) is 0 Å². The van der Waals surface area contributed by atoms with Crippen LogP contribution in [-0.4, -0.2) is 38.4 Å². The molecule has 1 saturated heterocycles. The Morgan fingerprint density at radius 1 is 1.45 bits per heavy atom. The second kappa shape index (κ2) is 4.63. The standard InChI is InChI=1S/C13H14ClNO4S/c1-8(16)15-5-4-10-11-6-9(20(14,17)18)2-3-12(11)19-13(10)7-15/h2-3,6,10,13H,4-5,7H2,1H3. The Kier molecular flexibility index (Phi) is 3.17. The average Bonchev–Trinajstić information content (AvgIpc) is 2.74. The second-order valence-electron chi connectivity index (χ2n) is 5.15. The first-order valence-electron chi connectivity index (χ1n) is 6.37. The van der Waals surface area contributed by atoms with Crippen LogP contribution in [0.25, 0.3) is 0 Å². The predicted octanol–water partition coefficient (Wildman–Crippen LogP) is 1.71. The van der Waals surface area contributed by atoms with Gasteiger partial charge in [0.2, 0.25) is 5.91 Å². The number of piperidine rings is 1. The smallest absolute Gasteiger partial charge is 0.261 e. The van der Waals surface area contributed by atoms with E-state index in [4.69, 9.17) is 15.4 Å². The fourth-order valence-electron chi connectivity index (χ4n) is 2.92. The Balaban J connectivity index is 1.92. The van der Waals surface area contributed by atoms with Gasteiger partial charge in [0.15, 0.2) is 0 Å². The lowest BCUT2D eigenvalue weighted by atomic mass is 9.89. The number of fused-ring (bicyclic) bond motifs is 3. The predicted molar refractivity (Wildman–Crippen MR) is 73.5 cm³/mol. The molecule has 0 radical (unpaired) electrons. The Hall–Kier alpha value is -1.27. The van der Waals surface area contributed by atoms with Crippen molar-refractivity contribution in [1.29, 1.82) is 0 Å². The van der Waals surface area contributed by atoms with Crippen molar-refractivity contribution < 1.29 is 17.9 Å². The van der Waals surface area contributed by atoms with Crippen LogP contribution in [0.15, 0.2) is 23.1 Å². The molecule has 0 spiro atoms. The average molecular weight is 316 g/mol. The van der Waals surface area contributed by atoms with Crippen LogP contribution in [0.4, 0.5) is 0 Å². The van der Waals surface area contributed by atoms with E-state index in [0.29, 0.717) is 18.8 Å². The number of ether oxygens (including phenoxy) is 1. The van der Waals surface area contributed by atoms with E-state index in [0.717, 1.165) is 12.0 Å². The highest BCUT2D eigenvalue weighted by Crippen LogP contribution is 2.43. The molecule has 7 heteroatoms. The Bertz CT molecular complexity index is 673. The van der Waals surface area contributed by atoms with Crippen LogP contribution < -0.4 is 4.74 Å². The maximum Gasteiger partial charge on any atom is 0.261 e. The van der Waals surface area contributed by atoms with Gasteiger partial charge in [0.05, 0.1) is 11.4 Å². The maximum absolute atomic E-state index is 11.4. The van der Waals surface area contributed by atoms with Crippen molar-refractivity contribution in [3.63, 3.8) is 0 Å². The number of hydrogen-bond donors (Lipinski definition) is 0. The van der Waals surface area contributed by atoms with Gasteiger partial charge < -0.3 is 9.64 Å². The molecule has 2 heterocycles. The Morgan fingerprint density at radius 2 is 2.20 bits per heavy atom. The number of nitrogens with zero attached hydrogens (tertiary/aromatic N) is 1. The van der Waals surface area contributed by atoms with Crippen molar-refractivity contribution in [2.75, 3.05) is 13.1 Å². The summed E-state index contributed by atoms with van der Waals surface area (Å²) in [5.74, 6) is 0.848. The van der Waals surface area contributed by atoms with Gasteiger partial charge in [-0.05, 0) is 24.6 Å². The summed E-state index contributed by atoms with van der Waals surface area (Å²) in [5.41, 5.74) is 0.875. The van der Waals surface area contributed by atoms with Crippen LogP contribution >= 0.6 is 10.7 Å². The number of hydrogen-bond acceptors (Lipinski definition) is 4. The summed E-state index contributed by atoms with van der Waals surface area (Å²) in [6.45, 7) is 2.75. The number of halogens is 1. The molecule has 0 aliphatic carbocycles. The summed E-state index contributed by atoms with van der Waals surface area (Å²) in [6.07, 6.45) is 0.666. The first kappa shape index (κ1) is 13.7. The van der Waals surface area contributed by atoms with Gasteiger partial charge in [-0.15, -0.1) is 0 Å². The van der Waals surface area contributed by atoms with E-state index in [1.54, 1.807) is 24.0 Å². The van der Waals surface area contributed by atoms with E-state index in [1.165, 1.54) is 6.07 Å². The Labute approximate surface area is 121 Å². The van der Waals surface area contributed by atoms with Crippen LogP contribution in [0.5, 0.6) is 5.75 Å². The SMILES string of the molecule is CC(=O)N1CCC2c3cc(S(=O)(=O)Cl)ccc3OC2C1. The molecule has 3 rings (SSSR count). The lowest BCUT2D eigenvalue weighted by Gasteiger charge is -2.33. The van der Waals surface area contributed by atoms with Gasteiger partial charge in [-0.1, -0.05) is 0 Å². The van der Waals surface area contributed by atoms with E-state index in [-0.39, 0.29) is 22.8 Å². The minimum Gasteiger partial charge on any atom is -0.488 e. The zero-order chi connectivity index (χ0) is 14.5. The zero-order valence-corrected chi connectivity index (χ0v) is 12.4. The third kappa shape index (κ3) is 2.27. The molecule has 2 atom stereocenters. The molecule has 108 valence electrons. The van der Waals surface area contributed by atoms with Crippen molar-refractivity contribution in [2.24, 2.45) is 0 Å². The Morgan fingerprint density at radius 3 is 2.85 bits per heavy atom. The zero-order valence-electron chi connectivity index (χ0n) is 10.9. The third-order valence-corrected chi connectivity index (χ3v) is 5.30. The largest absolute Gasteiger partial charge is 0.488 e. The van der Waals surface area contributed by atoms with Gasteiger partial charge in [0.25, 0.3) is 9.05 Å². The highest BCUT2D eigenvalue weighted by Gasteiger charge is 2.39. The molecule has 0 aromatic heterocycles. The van der Waals surface area contributed by atoms with Crippen LogP contribution in [0, 0.1) is 0 Å². The highest BCUT2D eigenvalue weighted by atomic mass is 35.7. The molecular weight excluding hydrogens is 302 g/mol. The lowest BCUT2D eigenvalue weighted by Crippen LogP contribution is -2.45. The summed E-state index contributed by atoms with van der Waals surface area (Å²) in [4.78, 5) is 13.3. The molecule has 0 N–H and O–H groups in total. The molecule has 0 saturated carbocycles. The summed E-state index contributed by atoms with van der Waals surface area (Å²) in [5, 5.41) is 0. The van der Waals surface area contributed by atoms with E-state index in [9.17, 15) is 13.2 Å². The van der Waals surface area contributed by atoms with Crippen LogP contribution in [0.1, 0.15) is 24.8 Å². The number of rotatable bonds is 1. The molecule has 0 bridgehead atoms. The number of amides is 1. The lowest BCUT2D eigenvalue weighted by molar-refractivity contribution is -0.131. The van der Waals surface area contributed by atoms with Gasteiger partial charge in [-0.2, -0.15) is 0 Å². The summed E-state index contributed by atoms with van der Waals surface area (Å²) in [6, 6.07) is 4.67. The second-order valence-corrected chi connectivity index (χ2v) is 7.72. The van der Waals surface area contributed by atoms with Crippen LogP contribution in [0.3, 0.4) is 0 Å². The van der Waals surface area contributed by atoms with Crippen LogP contribution in [-0.2, 0) is 13.8 Å². The normalized spacial score (nSPS) is 24.8. The summed E-state index contributed by atoms with van der Waals surface area (Å²) in [7, 11) is 1.64. The quantitative estimate of drug-likeness (QED) is 0.740. The molecule has 1 aromatic carbocycles. The molecule has 2 aliphatic heterocycles.